The molecule has 1 atom stereocenters. The third kappa shape index (κ3) is 4.67. The van der Waals surface area contributed by atoms with Gasteiger partial charge in [0.15, 0.2) is 0 Å². The van der Waals surface area contributed by atoms with Gasteiger partial charge < -0.3 is 9.84 Å². The summed E-state index contributed by atoms with van der Waals surface area (Å²) in [5, 5.41) is 7.39. The summed E-state index contributed by atoms with van der Waals surface area (Å²) in [6, 6.07) is 13.1. The molecule has 0 unspecified atom stereocenters. The predicted octanol–water partition coefficient (Wildman–Crippen LogP) is 4.34. The predicted molar refractivity (Wildman–Crippen MR) is 96.0 cm³/mol. The van der Waals surface area contributed by atoms with E-state index in [0.29, 0.717) is 28.7 Å². The zero-order chi connectivity index (χ0) is 18.5. The zero-order valence-electron chi connectivity index (χ0n) is 14.1. The average molecular weight is 374 g/mol. The van der Waals surface area contributed by atoms with Crippen LogP contribution >= 0.6 is 11.6 Å². The van der Waals surface area contributed by atoms with E-state index in [1.807, 2.05) is 19.1 Å². The van der Waals surface area contributed by atoms with Crippen molar-refractivity contribution in [1.29, 1.82) is 0 Å². The molecule has 0 aliphatic carbocycles. The van der Waals surface area contributed by atoms with Crippen LogP contribution in [0, 0.1) is 5.82 Å². The minimum absolute atomic E-state index is 0.127. The molecule has 26 heavy (non-hydrogen) atoms. The number of hydrogen-bond acceptors (Lipinski definition) is 4. The van der Waals surface area contributed by atoms with Crippen molar-refractivity contribution >= 4 is 17.5 Å². The second-order valence-electron chi connectivity index (χ2n) is 5.86. The summed E-state index contributed by atoms with van der Waals surface area (Å²) in [5.74, 6) is 0.135. The molecule has 0 saturated carbocycles. The smallest absolute Gasteiger partial charge is 0.227 e. The Balaban J connectivity index is 1.54. The van der Waals surface area contributed by atoms with Gasteiger partial charge in [-0.15, -0.1) is 0 Å². The van der Waals surface area contributed by atoms with E-state index in [1.54, 1.807) is 24.3 Å². The molecule has 0 aliphatic heterocycles. The maximum absolute atomic E-state index is 13.3. The molecule has 0 aliphatic rings. The minimum Gasteiger partial charge on any atom is -0.350 e. The van der Waals surface area contributed by atoms with Crippen LogP contribution in [-0.2, 0) is 11.2 Å². The van der Waals surface area contributed by atoms with E-state index in [2.05, 4.69) is 15.5 Å². The lowest BCUT2D eigenvalue weighted by Gasteiger charge is -2.14. The lowest BCUT2D eigenvalue weighted by molar-refractivity contribution is -0.121. The third-order valence-corrected chi connectivity index (χ3v) is 4.12. The molecular formula is C19H17ClFN3O2. The average Bonchev–Trinajstić information content (AvgIpc) is 3.09. The zero-order valence-corrected chi connectivity index (χ0v) is 14.8. The first-order valence-electron chi connectivity index (χ1n) is 8.14. The van der Waals surface area contributed by atoms with Crippen LogP contribution in [0.1, 0.15) is 30.8 Å². The van der Waals surface area contributed by atoms with E-state index >= 15 is 0 Å². The van der Waals surface area contributed by atoms with Gasteiger partial charge in [-0.2, -0.15) is 4.98 Å². The molecule has 1 heterocycles. The van der Waals surface area contributed by atoms with Crippen molar-refractivity contribution in [2.75, 3.05) is 0 Å². The molecule has 0 spiro atoms. The topological polar surface area (TPSA) is 68.0 Å². The van der Waals surface area contributed by atoms with Gasteiger partial charge in [0, 0.05) is 23.4 Å². The SMILES string of the molecule is C[C@@H](NC(=O)CCc1nc(-c2cccc(F)c2)no1)c1ccc(Cl)cc1. The van der Waals surface area contributed by atoms with Crippen LogP contribution in [0.15, 0.2) is 53.1 Å². The van der Waals surface area contributed by atoms with Crippen molar-refractivity contribution in [3.63, 3.8) is 0 Å². The lowest BCUT2D eigenvalue weighted by Crippen LogP contribution is -2.26. The number of benzene rings is 2. The van der Waals surface area contributed by atoms with Gasteiger partial charge in [0.05, 0.1) is 6.04 Å². The largest absolute Gasteiger partial charge is 0.350 e. The van der Waals surface area contributed by atoms with Crippen molar-refractivity contribution < 1.29 is 13.7 Å². The Kier molecular flexibility index (Phi) is 5.63. The first kappa shape index (κ1) is 18.1. The van der Waals surface area contributed by atoms with E-state index in [9.17, 15) is 9.18 Å². The fourth-order valence-electron chi connectivity index (χ4n) is 2.47. The summed E-state index contributed by atoms with van der Waals surface area (Å²) in [5.41, 5.74) is 1.50. The van der Waals surface area contributed by atoms with Crippen molar-refractivity contribution in [1.82, 2.24) is 15.5 Å². The van der Waals surface area contributed by atoms with Gasteiger partial charge in [-0.1, -0.05) is 41.0 Å². The number of rotatable bonds is 6. The molecule has 134 valence electrons. The number of hydrogen-bond donors (Lipinski definition) is 1. The van der Waals surface area contributed by atoms with Crippen LogP contribution in [-0.4, -0.2) is 16.0 Å². The highest BCUT2D eigenvalue weighted by atomic mass is 35.5. The Hall–Kier alpha value is -2.73. The van der Waals surface area contributed by atoms with E-state index < -0.39 is 0 Å². The maximum Gasteiger partial charge on any atom is 0.227 e. The third-order valence-electron chi connectivity index (χ3n) is 3.86. The number of carbonyl (C=O) groups is 1. The Labute approximate surface area is 155 Å². The molecule has 1 amide bonds. The molecule has 2 aromatic carbocycles. The summed E-state index contributed by atoms with van der Waals surface area (Å²) >= 11 is 5.86. The quantitative estimate of drug-likeness (QED) is 0.698. The van der Waals surface area contributed by atoms with Gasteiger partial charge in [0.1, 0.15) is 5.82 Å². The summed E-state index contributed by atoms with van der Waals surface area (Å²) in [7, 11) is 0. The van der Waals surface area contributed by atoms with Crippen LogP contribution in [0.4, 0.5) is 4.39 Å². The minimum atomic E-state index is -0.371. The summed E-state index contributed by atoms with van der Waals surface area (Å²) in [4.78, 5) is 16.3. The molecule has 7 heteroatoms. The number of aromatic nitrogens is 2. The summed E-state index contributed by atoms with van der Waals surface area (Å²) in [6.45, 7) is 1.90. The Morgan fingerprint density at radius 3 is 2.77 bits per heavy atom. The Morgan fingerprint density at radius 2 is 2.04 bits per heavy atom. The second-order valence-corrected chi connectivity index (χ2v) is 6.30. The van der Waals surface area contributed by atoms with Gasteiger partial charge in [-0.25, -0.2) is 4.39 Å². The molecular weight excluding hydrogens is 357 g/mol. The highest BCUT2D eigenvalue weighted by molar-refractivity contribution is 6.30. The monoisotopic (exact) mass is 373 g/mol. The number of carbonyl (C=O) groups excluding carboxylic acids is 1. The molecule has 0 radical (unpaired) electrons. The molecule has 5 nitrogen and oxygen atoms in total. The number of amides is 1. The van der Waals surface area contributed by atoms with E-state index in [0.717, 1.165) is 5.56 Å². The Morgan fingerprint density at radius 1 is 1.27 bits per heavy atom. The van der Waals surface area contributed by atoms with Crippen molar-refractivity contribution in [3.05, 3.63) is 70.8 Å². The molecule has 3 aromatic rings. The maximum atomic E-state index is 13.3. The van der Waals surface area contributed by atoms with Crippen LogP contribution in [0.25, 0.3) is 11.4 Å². The van der Waals surface area contributed by atoms with Gasteiger partial charge in [0.25, 0.3) is 0 Å². The van der Waals surface area contributed by atoms with E-state index in [-0.39, 0.29) is 24.2 Å². The summed E-state index contributed by atoms with van der Waals surface area (Å²) < 4.78 is 18.4. The molecule has 1 aromatic heterocycles. The fourth-order valence-corrected chi connectivity index (χ4v) is 2.60. The van der Waals surface area contributed by atoms with E-state index in [1.165, 1.54) is 12.1 Å². The first-order chi connectivity index (χ1) is 12.5. The van der Waals surface area contributed by atoms with Crippen LogP contribution in [0.5, 0.6) is 0 Å². The van der Waals surface area contributed by atoms with Gasteiger partial charge >= 0.3 is 0 Å². The normalized spacial score (nSPS) is 12.0. The molecule has 0 saturated heterocycles. The van der Waals surface area contributed by atoms with E-state index in [4.69, 9.17) is 16.1 Å². The Bertz CT molecular complexity index is 896. The molecule has 1 N–H and O–H groups in total. The standard InChI is InChI=1S/C19H17ClFN3O2/c1-12(13-5-7-15(20)8-6-13)22-17(25)9-10-18-23-19(24-26-18)14-3-2-4-16(21)11-14/h2-8,11-12H,9-10H2,1H3,(H,22,25)/t12-/m1/s1. The van der Waals surface area contributed by atoms with Crippen molar-refractivity contribution in [2.24, 2.45) is 0 Å². The number of aryl methyl sites for hydroxylation is 1. The fraction of sp³-hybridized carbons (Fsp3) is 0.211. The summed E-state index contributed by atoms with van der Waals surface area (Å²) in [6.07, 6.45) is 0.518. The van der Waals surface area contributed by atoms with Crippen LogP contribution in [0.3, 0.4) is 0 Å². The van der Waals surface area contributed by atoms with Gasteiger partial charge in [-0.3, -0.25) is 4.79 Å². The highest BCUT2D eigenvalue weighted by Crippen LogP contribution is 2.18. The highest BCUT2D eigenvalue weighted by Gasteiger charge is 2.13. The molecule has 0 bridgehead atoms. The number of nitrogens with one attached hydrogen (secondary N) is 1. The van der Waals surface area contributed by atoms with Crippen molar-refractivity contribution in [2.45, 2.75) is 25.8 Å². The molecule has 3 rings (SSSR count). The first-order valence-corrected chi connectivity index (χ1v) is 8.52. The molecule has 0 fully saturated rings. The number of halogens is 2. The van der Waals surface area contributed by atoms with Crippen molar-refractivity contribution in [3.8, 4) is 11.4 Å². The number of nitrogens with zero attached hydrogens (tertiary/aromatic N) is 2. The van der Waals surface area contributed by atoms with Crippen LogP contribution < -0.4 is 5.32 Å². The second kappa shape index (κ2) is 8.10. The van der Waals surface area contributed by atoms with Crippen LogP contribution in [0.2, 0.25) is 5.02 Å². The van der Waals surface area contributed by atoms with Gasteiger partial charge in [-0.05, 0) is 36.8 Å². The lowest BCUT2D eigenvalue weighted by atomic mass is 10.1. The van der Waals surface area contributed by atoms with Gasteiger partial charge in [0.2, 0.25) is 17.6 Å².